The molecule has 5 nitrogen and oxygen atoms in total. The second-order valence-corrected chi connectivity index (χ2v) is 8.01. The Labute approximate surface area is 172 Å². The number of ether oxygens (including phenoxy) is 2. The largest absolute Gasteiger partial charge is 0.465 e. The van der Waals surface area contributed by atoms with Gasteiger partial charge in [0.2, 0.25) is 6.23 Å². The lowest BCUT2D eigenvalue weighted by atomic mass is 9.87. The van der Waals surface area contributed by atoms with Gasteiger partial charge in [-0.1, -0.05) is 76.2 Å². The predicted octanol–water partition coefficient (Wildman–Crippen LogP) is 5.50. The highest BCUT2D eigenvalue weighted by molar-refractivity contribution is 5.70. The Balaban J connectivity index is 2.03. The van der Waals surface area contributed by atoms with Gasteiger partial charge in [0.05, 0.1) is 6.33 Å². The Morgan fingerprint density at radius 3 is 2.38 bits per heavy atom. The fourth-order valence-electron chi connectivity index (χ4n) is 3.14. The SMILES string of the molecule is CCC(=O)OC(C(Oc1ccccc1-c1ccccc1)n1ccnc1)C(C)(C)C. The Hall–Kier alpha value is -3.08. The van der Waals surface area contributed by atoms with Crippen molar-refractivity contribution in [3.63, 3.8) is 0 Å². The van der Waals surface area contributed by atoms with E-state index < -0.39 is 12.3 Å². The van der Waals surface area contributed by atoms with E-state index in [2.05, 4.69) is 4.98 Å². The number of aromatic nitrogens is 2. The van der Waals surface area contributed by atoms with Gasteiger partial charge in [0.1, 0.15) is 5.75 Å². The number of rotatable bonds is 7. The second kappa shape index (κ2) is 8.95. The van der Waals surface area contributed by atoms with Gasteiger partial charge >= 0.3 is 5.97 Å². The molecule has 152 valence electrons. The summed E-state index contributed by atoms with van der Waals surface area (Å²) in [6.45, 7) is 7.91. The predicted molar refractivity (Wildman–Crippen MR) is 113 cm³/mol. The minimum atomic E-state index is -0.558. The molecule has 5 heteroatoms. The van der Waals surface area contributed by atoms with Crippen LogP contribution >= 0.6 is 0 Å². The van der Waals surface area contributed by atoms with Crippen LogP contribution in [0.3, 0.4) is 0 Å². The van der Waals surface area contributed by atoms with Crippen LogP contribution in [-0.4, -0.2) is 21.6 Å². The molecule has 2 unspecified atom stereocenters. The minimum absolute atomic E-state index is 0.255. The average Bonchev–Trinajstić information content (AvgIpc) is 3.25. The molecule has 0 aliphatic heterocycles. The molecule has 2 atom stereocenters. The molecule has 3 aromatic rings. The first kappa shape index (κ1) is 20.6. The Morgan fingerprint density at radius 1 is 1.07 bits per heavy atom. The molecule has 0 spiro atoms. The molecule has 1 aromatic heterocycles. The molecular weight excluding hydrogens is 364 g/mol. The number of carbonyl (C=O) groups is 1. The molecule has 0 saturated carbocycles. The maximum Gasteiger partial charge on any atom is 0.306 e. The molecule has 1 heterocycles. The molecule has 0 radical (unpaired) electrons. The molecule has 0 amide bonds. The maximum atomic E-state index is 12.2. The number of para-hydroxylation sites is 1. The van der Waals surface area contributed by atoms with E-state index in [4.69, 9.17) is 9.47 Å². The van der Waals surface area contributed by atoms with Crippen molar-refractivity contribution in [2.75, 3.05) is 0 Å². The van der Waals surface area contributed by atoms with Gasteiger partial charge in [0.25, 0.3) is 0 Å². The highest BCUT2D eigenvalue weighted by atomic mass is 16.6. The van der Waals surface area contributed by atoms with E-state index in [0.717, 1.165) is 16.9 Å². The first-order valence-electron chi connectivity index (χ1n) is 9.88. The Kier molecular flexibility index (Phi) is 6.37. The highest BCUT2D eigenvalue weighted by Crippen LogP contribution is 2.37. The number of hydrogen-bond donors (Lipinski definition) is 0. The summed E-state index contributed by atoms with van der Waals surface area (Å²) in [6.07, 6.45) is 4.46. The third-order valence-corrected chi connectivity index (χ3v) is 4.70. The van der Waals surface area contributed by atoms with E-state index in [0.29, 0.717) is 6.42 Å². The van der Waals surface area contributed by atoms with E-state index in [9.17, 15) is 4.79 Å². The Morgan fingerprint density at radius 2 is 1.76 bits per heavy atom. The standard InChI is InChI=1S/C24H28N2O3/c1-5-21(27)29-22(24(2,3)4)23(26-16-15-25-17-26)28-20-14-10-9-13-19(20)18-11-7-6-8-12-18/h6-17,22-23H,5H2,1-4H3. The molecular formula is C24H28N2O3. The van der Waals surface area contributed by atoms with Crippen molar-refractivity contribution in [2.24, 2.45) is 5.41 Å². The maximum absolute atomic E-state index is 12.2. The Bertz CT molecular complexity index is 915. The molecule has 0 bridgehead atoms. The first-order valence-corrected chi connectivity index (χ1v) is 9.88. The lowest BCUT2D eigenvalue weighted by Crippen LogP contribution is -2.41. The van der Waals surface area contributed by atoms with Gasteiger partial charge in [0, 0.05) is 29.8 Å². The van der Waals surface area contributed by atoms with Crippen LogP contribution in [0.25, 0.3) is 11.1 Å². The molecule has 0 aliphatic carbocycles. The number of benzene rings is 2. The number of imidazole rings is 1. The molecule has 0 N–H and O–H groups in total. The highest BCUT2D eigenvalue weighted by Gasteiger charge is 2.38. The number of carbonyl (C=O) groups excluding carboxylic acids is 1. The first-order chi connectivity index (χ1) is 13.9. The van der Waals surface area contributed by atoms with Crippen molar-refractivity contribution in [3.05, 3.63) is 73.3 Å². The summed E-state index contributed by atoms with van der Waals surface area (Å²) in [5.74, 6) is 0.467. The quantitative estimate of drug-likeness (QED) is 0.499. The van der Waals surface area contributed by atoms with Gasteiger partial charge in [-0.15, -0.1) is 0 Å². The van der Waals surface area contributed by atoms with Gasteiger partial charge in [0.15, 0.2) is 6.10 Å². The molecule has 2 aromatic carbocycles. The minimum Gasteiger partial charge on any atom is -0.465 e. The summed E-state index contributed by atoms with van der Waals surface area (Å²) in [5.41, 5.74) is 1.69. The molecule has 29 heavy (non-hydrogen) atoms. The van der Waals surface area contributed by atoms with Gasteiger partial charge < -0.3 is 9.47 Å². The van der Waals surface area contributed by atoms with E-state index >= 15 is 0 Å². The molecule has 0 aliphatic rings. The van der Waals surface area contributed by atoms with Gasteiger partial charge in [-0.3, -0.25) is 9.36 Å². The fraction of sp³-hybridized carbons (Fsp3) is 0.333. The topological polar surface area (TPSA) is 53.4 Å². The van der Waals surface area contributed by atoms with Crippen LogP contribution in [-0.2, 0) is 9.53 Å². The van der Waals surface area contributed by atoms with Crippen LogP contribution in [0.2, 0.25) is 0 Å². The van der Waals surface area contributed by atoms with Crippen LogP contribution in [0.1, 0.15) is 40.3 Å². The lowest BCUT2D eigenvalue weighted by Gasteiger charge is -2.37. The van der Waals surface area contributed by atoms with Gasteiger partial charge in [-0.05, 0) is 11.6 Å². The van der Waals surface area contributed by atoms with Gasteiger partial charge in [-0.2, -0.15) is 0 Å². The zero-order valence-corrected chi connectivity index (χ0v) is 17.4. The lowest BCUT2D eigenvalue weighted by molar-refractivity contribution is -0.167. The summed E-state index contributed by atoms with van der Waals surface area (Å²) >= 11 is 0. The van der Waals surface area contributed by atoms with E-state index in [1.165, 1.54) is 0 Å². The number of nitrogens with zero attached hydrogens (tertiary/aromatic N) is 2. The van der Waals surface area contributed by atoms with Crippen molar-refractivity contribution >= 4 is 5.97 Å². The summed E-state index contributed by atoms with van der Waals surface area (Å²) < 4.78 is 14.2. The van der Waals surface area contributed by atoms with Crippen LogP contribution in [0.5, 0.6) is 5.75 Å². The summed E-state index contributed by atoms with van der Waals surface area (Å²) in [7, 11) is 0. The molecule has 0 saturated heterocycles. The van der Waals surface area contributed by atoms with Crippen LogP contribution in [0.15, 0.2) is 73.3 Å². The second-order valence-electron chi connectivity index (χ2n) is 8.01. The summed E-state index contributed by atoms with van der Waals surface area (Å²) in [5, 5.41) is 0. The van der Waals surface area contributed by atoms with Crippen LogP contribution in [0, 0.1) is 5.41 Å². The summed E-state index contributed by atoms with van der Waals surface area (Å²) in [4.78, 5) is 16.4. The zero-order chi connectivity index (χ0) is 20.9. The van der Waals surface area contributed by atoms with Crippen molar-refractivity contribution in [1.82, 2.24) is 9.55 Å². The van der Waals surface area contributed by atoms with E-state index in [1.807, 2.05) is 86.1 Å². The van der Waals surface area contributed by atoms with Crippen molar-refractivity contribution in [3.8, 4) is 16.9 Å². The van der Waals surface area contributed by atoms with E-state index in [1.54, 1.807) is 19.4 Å². The van der Waals surface area contributed by atoms with Crippen LogP contribution < -0.4 is 4.74 Å². The molecule has 3 rings (SSSR count). The fourth-order valence-corrected chi connectivity index (χ4v) is 3.14. The number of esters is 1. The summed E-state index contributed by atoms with van der Waals surface area (Å²) in [6, 6.07) is 18.0. The zero-order valence-electron chi connectivity index (χ0n) is 17.4. The van der Waals surface area contributed by atoms with Crippen molar-refractivity contribution in [2.45, 2.75) is 46.4 Å². The van der Waals surface area contributed by atoms with Crippen molar-refractivity contribution < 1.29 is 14.3 Å². The van der Waals surface area contributed by atoms with Gasteiger partial charge in [-0.25, -0.2) is 4.98 Å². The number of hydrogen-bond acceptors (Lipinski definition) is 4. The van der Waals surface area contributed by atoms with Crippen LogP contribution in [0.4, 0.5) is 0 Å². The third-order valence-electron chi connectivity index (χ3n) is 4.70. The molecule has 0 fully saturated rings. The third kappa shape index (κ3) is 5.05. The van der Waals surface area contributed by atoms with Crippen molar-refractivity contribution in [1.29, 1.82) is 0 Å². The van der Waals surface area contributed by atoms with E-state index in [-0.39, 0.29) is 11.4 Å². The normalized spacial score (nSPS) is 13.5. The smallest absolute Gasteiger partial charge is 0.306 e. The average molecular weight is 392 g/mol. The monoisotopic (exact) mass is 392 g/mol.